The number of unbranched alkanes of at least 4 members (excludes halogenated alkanes) is 1. The number of rotatable bonds is 4. The Morgan fingerprint density at radius 2 is 2.28 bits per heavy atom. The van der Waals surface area contributed by atoms with Crippen molar-refractivity contribution in [3.63, 3.8) is 0 Å². The lowest BCUT2D eigenvalue weighted by Crippen LogP contribution is -2.08. The number of carbonyl (C=O) groups is 1. The molecule has 0 unspecified atom stereocenters. The Morgan fingerprint density at radius 3 is 2.94 bits per heavy atom. The van der Waals surface area contributed by atoms with Gasteiger partial charge in [0.1, 0.15) is 11.5 Å². The minimum absolute atomic E-state index is 0.101. The second kappa shape index (κ2) is 5.08. The highest BCUT2D eigenvalue weighted by Gasteiger charge is 2.18. The molecule has 0 saturated carbocycles. The number of H-pyrrole nitrogens is 1. The van der Waals surface area contributed by atoms with Crippen LogP contribution in [-0.2, 0) is 4.74 Å². The zero-order chi connectivity index (χ0) is 13.1. The average molecular weight is 250 g/mol. The standard InChI is InChI=1S/C13H15FN2O2/c1-2-3-7-18-13(17)12-11(15)10-8(14)5-4-6-9(10)16-12/h4-6,16H,2-3,7,15H2,1H3. The summed E-state index contributed by atoms with van der Waals surface area (Å²) in [5.74, 6) is -0.995. The van der Waals surface area contributed by atoms with Crippen LogP contribution in [0.25, 0.3) is 10.9 Å². The van der Waals surface area contributed by atoms with E-state index in [1.165, 1.54) is 6.07 Å². The summed E-state index contributed by atoms with van der Waals surface area (Å²) in [6, 6.07) is 4.52. The van der Waals surface area contributed by atoms with Gasteiger partial charge in [0.15, 0.2) is 0 Å². The van der Waals surface area contributed by atoms with Gasteiger partial charge in [-0.25, -0.2) is 9.18 Å². The van der Waals surface area contributed by atoms with Crippen LogP contribution in [0, 0.1) is 5.82 Å². The third kappa shape index (κ3) is 2.16. The van der Waals surface area contributed by atoms with Crippen LogP contribution in [0.2, 0.25) is 0 Å². The van der Waals surface area contributed by atoms with Crippen molar-refractivity contribution in [2.75, 3.05) is 12.3 Å². The quantitative estimate of drug-likeness (QED) is 0.647. The number of esters is 1. The van der Waals surface area contributed by atoms with E-state index in [1.807, 2.05) is 6.92 Å². The molecule has 5 heteroatoms. The second-order valence-corrected chi connectivity index (χ2v) is 4.07. The topological polar surface area (TPSA) is 68.1 Å². The minimum Gasteiger partial charge on any atom is -0.461 e. The fourth-order valence-corrected chi connectivity index (χ4v) is 1.77. The van der Waals surface area contributed by atoms with Crippen molar-refractivity contribution >= 4 is 22.6 Å². The van der Waals surface area contributed by atoms with Crippen LogP contribution < -0.4 is 5.73 Å². The highest BCUT2D eigenvalue weighted by Crippen LogP contribution is 2.27. The molecule has 2 rings (SSSR count). The summed E-state index contributed by atoms with van der Waals surface area (Å²) in [6.45, 7) is 2.34. The molecule has 18 heavy (non-hydrogen) atoms. The number of aromatic amines is 1. The van der Waals surface area contributed by atoms with Gasteiger partial charge in [-0.1, -0.05) is 19.4 Å². The number of carbonyl (C=O) groups excluding carboxylic acids is 1. The number of halogens is 1. The van der Waals surface area contributed by atoms with Crippen molar-refractivity contribution in [2.45, 2.75) is 19.8 Å². The van der Waals surface area contributed by atoms with Crippen LogP contribution >= 0.6 is 0 Å². The number of hydrogen-bond donors (Lipinski definition) is 2. The maximum absolute atomic E-state index is 13.6. The van der Waals surface area contributed by atoms with E-state index >= 15 is 0 Å². The summed E-state index contributed by atoms with van der Waals surface area (Å²) in [6.07, 6.45) is 1.73. The summed E-state index contributed by atoms with van der Waals surface area (Å²) in [7, 11) is 0. The number of benzene rings is 1. The van der Waals surface area contributed by atoms with Crippen LogP contribution in [0.15, 0.2) is 18.2 Å². The first-order chi connectivity index (χ1) is 8.65. The van der Waals surface area contributed by atoms with Gasteiger partial charge in [-0.15, -0.1) is 0 Å². The van der Waals surface area contributed by atoms with Gasteiger partial charge in [0.05, 0.1) is 23.2 Å². The van der Waals surface area contributed by atoms with Crippen molar-refractivity contribution < 1.29 is 13.9 Å². The molecule has 0 bridgehead atoms. The maximum atomic E-state index is 13.6. The number of ether oxygens (including phenoxy) is 1. The Labute approximate surface area is 104 Å². The number of hydrogen-bond acceptors (Lipinski definition) is 3. The predicted molar refractivity (Wildman–Crippen MR) is 67.9 cm³/mol. The molecule has 1 heterocycles. The molecule has 0 atom stereocenters. The molecule has 1 aromatic heterocycles. The first-order valence-corrected chi connectivity index (χ1v) is 5.88. The van der Waals surface area contributed by atoms with Gasteiger partial charge in [-0.2, -0.15) is 0 Å². The number of aromatic nitrogens is 1. The summed E-state index contributed by atoms with van der Waals surface area (Å²) in [5.41, 5.74) is 6.49. The predicted octanol–water partition coefficient (Wildman–Crippen LogP) is 2.85. The molecule has 0 saturated heterocycles. The van der Waals surface area contributed by atoms with Crippen molar-refractivity contribution in [3.8, 4) is 0 Å². The Bertz CT molecular complexity index is 578. The second-order valence-electron chi connectivity index (χ2n) is 4.07. The van der Waals surface area contributed by atoms with Gasteiger partial charge in [-0.05, 0) is 18.6 Å². The third-order valence-corrected chi connectivity index (χ3v) is 2.75. The molecular weight excluding hydrogens is 235 g/mol. The Balaban J connectivity index is 2.31. The normalized spacial score (nSPS) is 10.8. The zero-order valence-electron chi connectivity index (χ0n) is 10.1. The van der Waals surface area contributed by atoms with Gasteiger partial charge < -0.3 is 15.5 Å². The van der Waals surface area contributed by atoms with Gasteiger partial charge in [0, 0.05) is 0 Å². The van der Waals surface area contributed by atoms with Crippen LogP contribution in [0.5, 0.6) is 0 Å². The summed E-state index contributed by atoms with van der Waals surface area (Å²) < 4.78 is 18.6. The van der Waals surface area contributed by atoms with E-state index in [-0.39, 0.29) is 16.8 Å². The minimum atomic E-state index is -0.545. The van der Waals surface area contributed by atoms with E-state index in [0.717, 1.165) is 12.8 Å². The lowest BCUT2D eigenvalue weighted by Gasteiger charge is -2.02. The third-order valence-electron chi connectivity index (χ3n) is 2.75. The SMILES string of the molecule is CCCCOC(=O)c1[nH]c2cccc(F)c2c1N. The Morgan fingerprint density at radius 1 is 1.50 bits per heavy atom. The molecule has 0 aliphatic carbocycles. The summed E-state index contributed by atoms with van der Waals surface area (Å²) in [4.78, 5) is 14.6. The van der Waals surface area contributed by atoms with Crippen molar-refractivity contribution in [3.05, 3.63) is 29.7 Å². The van der Waals surface area contributed by atoms with E-state index in [9.17, 15) is 9.18 Å². The molecule has 0 amide bonds. The number of nitrogens with one attached hydrogen (secondary N) is 1. The smallest absolute Gasteiger partial charge is 0.356 e. The fourth-order valence-electron chi connectivity index (χ4n) is 1.77. The van der Waals surface area contributed by atoms with E-state index in [4.69, 9.17) is 10.5 Å². The first kappa shape index (κ1) is 12.4. The van der Waals surface area contributed by atoms with Gasteiger partial charge in [-0.3, -0.25) is 0 Å². The molecule has 4 nitrogen and oxygen atoms in total. The summed E-state index contributed by atoms with van der Waals surface area (Å²) in [5, 5.41) is 0.236. The largest absolute Gasteiger partial charge is 0.461 e. The molecule has 0 spiro atoms. The van der Waals surface area contributed by atoms with Crippen LogP contribution in [0.1, 0.15) is 30.3 Å². The van der Waals surface area contributed by atoms with Crippen molar-refractivity contribution in [1.82, 2.24) is 4.98 Å². The van der Waals surface area contributed by atoms with Crippen molar-refractivity contribution in [1.29, 1.82) is 0 Å². The molecular formula is C13H15FN2O2. The van der Waals surface area contributed by atoms with E-state index in [0.29, 0.717) is 12.1 Å². The van der Waals surface area contributed by atoms with E-state index in [1.54, 1.807) is 12.1 Å². The molecule has 1 aromatic carbocycles. The maximum Gasteiger partial charge on any atom is 0.356 e. The zero-order valence-corrected chi connectivity index (χ0v) is 10.1. The highest BCUT2D eigenvalue weighted by atomic mass is 19.1. The van der Waals surface area contributed by atoms with Crippen molar-refractivity contribution in [2.24, 2.45) is 0 Å². The fraction of sp³-hybridized carbons (Fsp3) is 0.308. The van der Waals surface area contributed by atoms with E-state index in [2.05, 4.69) is 4.98 Å². The molecule has 96 valence electrons. The van der Waals surface area contributed by atoms with Crippen LogP contribution in [-0.4, -0.2) is 17.6 Å². The molecule has 2 aromatic rings. The van der Waals surface area contributed by atoms with Crippen LogP contribution in [0.4, 0.5) is 10.1 Å². The Hall–Kier alpha value is -2.04. The summed E-state index contributed by atoms with van der Waals surface area (Å²) >= 11 is 0. The number of fused-ring (bicyclic) bond motifs is 1. The molecule has 3 N–H and O–H groups in total. The van der Waals surface area contributed by atoms with E-state index < -0.39 is 11.8 Å². The lowest BCUT2D eigenvalue weighted by molar-refractivity contribution is 0.0495. The highest BCUT2D eigenvalue weighted by molar-refractivity contribution is 6.05. The molecule has 0 aliphatic rings. The van der Waals surface area contributed by atoms with Gasteiger partial charge in [0.2, 0.25) is 0 Å². The monoisotopic (exact) mass is 250 g/mol. The molecule has 0 aliphatic heterocycles. The average Bonchev–Trinajstić information content (AvgIpc) is 2.68. The molecule has 0 radical (unpaired) electrons. The first-order valence-electron chi connectivity index (χ1n) is 5.88. The Kier molecular flexibility index (Phi) is 3.50. The molecule has 0 fully saturated rings. The number of nitrogens with two attached hydrogens (primary N) is 1. The number of nitrogen functional groups attached to an aromatic ring is 1. The number of anilines is 1. The van der Waals surface area contributed by atoms with Gasteiger partial charge >= 0.3 is 5.97 Å². The lowest BCUT2D eigenvalue weighted by atomic mass is 10.2. The van der Waals surface area contributed by atoms with Crippen LogP contribution in [0.3, 0.4) is 0 Å². The van der Waals surface area contributed by atoms with Gasteiger partial charge in [0.25, 0.3) is 0 Å².